The molecule has 0 radical (unpaired) electrons. The summed E-state index contributed by atoms with van der Waals surface area (Å²) < 4.78 is 10.2. The average molecular weight is 272 g/mol. The highest BCUT2D eigenvalue weighted by Crippen LogP contribution is 2.27. The summed E-state index contributed by atoms with van der Waals surface area (Å²) in [5.74, 6) is 0.227. The predicted octanol–water partition coefficient (Wildman–Crippen LogP) is 1.24. The number of Topliss-reactive ketones (excluding diaryl/α,β-unsaturated/α-hetero) is 1. The van der Waals surface area contributed by atoms with Crippen LogP contribution in [0.1, 0.15) is 10.4 Å². The molecular formula is C12H14ClNO4. The number of carbonyl (C=O) groups is 2. The zero-order valence-electron chi connectivity index (χ0n) is 10.2. The zero-order valence-corrected chi connectivity index (χ0v) is 10.9. The second kappa shape index (κ2) is 6.86. The monoisotopic (exact) mass is 271 g/mol. The molecule has 6 heteroatoms. The molecule has 0 saturated heterocycles. The fraction of sp³-hybridized carbons (Fsp3) is 0.333. The molecule has 98 valence electrons. The Balaban J connectivity index is 2.77. The fourth-order valence-electron chi connectivity index (χ4n) is 1.34. The van der Waals surface area contributed by atoms with Crippen molar-refractivity contribution in [1.82, 2.24) is 5.32 Å². The summed E-state index contributed by atoms with van der Waals surface area (Å²) in [5, 5.41) is 2.40. The number of benzene rings is 1. The van der Waals surface area contributed by atoms with Gasteiger partial charge in [-0.25, -0.2) is 0 Å². The number of alkyl halides is 1. The quantitative estimate of drug-likeness (QED) is 0.625. The highest BCUT2D eigenvalue weighted by Gasteiger charge is 2.11. The lowest BCUT2D eigenvalue weighted by Crippen LogP contribution is -2.30. The van der Waals surface area contributed by atoms with Gasteiger partial charge in [0.1, 0.15) is 5.88 Å². The molecule has 1 rings (SSSR count). The summed E-state index contributed by atoms with van der Waals surface area (Å²) in [7, 11) is 3.00. The van der Waals surface area contributed by atoms with E-state index in [0.717, 1.165) is 0 Å². The molecule has 0 heterocycles. The summed E-state index contributed by atoms with van der Waals surface area (Å²) >= 11 is 5.31. The van der Waals surface area contributed by atoms with Gasteiger partial charge in [-0.2, -0.15) is 0 Å². The molecule has 0 bridgehead atoms. The third-order valence-electron chi connectivity index (χ3n) is 2.27. The van der Waals surface area contributed by atoms with E-state index in [9.17, 15) is 9.59 Å². The zero-order chi connectivity index (χ0) is 13.5. The van der Waals surface area contributed by atoms with Gasteiger partial charge >= 0.3 is 0 Å². The van der Waals surface area contributed by atoms with Gasteiger partial charge in [0.15, 0.2) is 17.3 Å². The Morgan fingerprint density at radius 2 is 1.89 bits per heavy atom. The standard InChI is InChI=1S/C12H14ClNO4/c1-17-10-4-3-8(5-11(10)18-2)9(15)7-14-12(16)6-13/h3-5H,6-7H2,1-2H3,(H,14,16). The van der Waals surface area contributed by atoms with E-state index in [1.807, 2.05) is 0 Å². The Hall–Kier alpha value is -1.75. The molecule has 0 aliphatic heterocycles. The van der Waals surface area contributed by atoms with Gasteiger partial charge in [-0.15, -0.1) is 11.6 Å². The Labute approximate surface area is 110 Å². The molecule has 1 aromatic carbocycles. The Kier molecular flexibility index (Phi) is 5.45. The van der Waals surface area contributed by atoms with Crippen LogP contribution in [0.25, 0.3) is 0 Å². The van der Waals surface area contributed by atoms with Crippen molar-refractivity contribution in [2.75, 3.05) is 26.6 Å². The van der Waals surface area contributed by atoms with Crippen molar-refractivity contribution >= 4 is 23.3 Å². The third kappa shape index (κ3) is 3.63. The molecule has 0 aliphatic rings. The van der Waals surface area contributed by atoms with Crippen LogP contribution >= 0.6 is 11.6 Å². The van der Waals surface area contributed by atoms with Crippen LogP contribution in [-0.2, 0) is 4.79 Å². The van der Waals surface area contributed by atoms with Gasteiger partial charge in [0, 0.05) is 5.56 Å². The summed E-state index contributed by atoms with van der Waals surface area (Å²) in [4.78, 5) is 22.7. The second-order valence-corrected chi connectivity index (χ2v) is 3.67. The molecule has 1 aromatic rings. The molecular weight excluding hydrogens is 258 g/mol. The van der Waals surface area contributed by atoms with Crippen LogP contribution in [0, 0.1) is 0 Å². The third-order valence-corrected chi connectivity index (χ3v) is 2.52. The van der Waals surface area contributed by atoms with Gasteiger partial charge in [0.25, 0.3) is 0 Å². The number of rotatable bonds is 6. The van der Waals surface area contributed by atoms with Crippen LogP contribution in [0.4, 0.5) is 0 Å². The summed E-state index contributed by atoms with van der Waals surface area (Å²) in [6.45, 7) is -0.0962. The number of ether oxygens (including phenoxy) is 2. The molecule has 1 amide bonds. The minimum absolute atomic E-state index is 0.0962. The largest absolute Gasteiger partial charge is 0.493 e. The van der Waals surface area contributed by atoms with Crippen LogP contribution in [0.3, 0.4) is 0 Å². The normalized spacial score (nSPS) is 9.72. The van der Waals surface area contributed by atoms with Crippen LogP contribution in [0.2, 0.25) is 0 Å². The smallest absolute Gasteiger partial charge is 0.235 e. The number of halogens is 1. The maximum Gasteiger partial charge on any atom is 0.235 e. The van der Waals surface area contributed by atoms with Crippen molar-refractivity contribution in [3.63, 3.8) is 0 Å². The highest BCUT2D eigenvalue weighted by atomic mass is 35.5. The van der Waals surface area contributed by atoms with Crippen LogP contribution < -0.4 is 14.8 Å². The van der Waals surface area contributed by atoms with E-state index in [1.165, 1.54) is 14.2 Å². The van der Waals surface area contributed by atoms with E-state index in [4.69, 9.17) is 21.1 Å². The van der Waals surface area contributed by atoms with E-state index in [2.05, 4.69) is 5.32 Å². The van der Waals surface area contributed by atoms with Crippen molar-refractivity contribution in [2.24, 2.45) is 0 Å². The number of amides is 1. The lowest BCUT2D eigenvalue weighted by molar-refractivity contribution is -0.118. The topological polar surface area (TPSA) is 64.6 Å². The molecule has 0 aliphatic carbocycles. The van der Waals surface area contributed by atoms with Gasteiger partial charge in [0.2, 0.25) is 5.91 Å². The average Bonchev–Trinajstić information content (AvgIpc) is 2.43. The molecule has 0 unspecified atom stereocenters. The van der Waals surface area contributed by atoms with E-state index in [0.29, 0.717) is 17.1 Å². The number of carbonyl (C=O) groups excluding carboxylic acids is 2. The van der Waals surface area contributed by atoms with Crippen molar-refractivity contribution in [3.8, 4) is 11.5 Å². The molecule has 0 saturated carbocycles. The Morgan fingerprint density at radius 3 is 2.44 bits per heavy atom. The molecule has 0 fully saturated rings. The maximum atomic E-state index is 11.8. The first-order chi connectivity index (χ1) is 8.62. The lowest BCUT2D eigenvalue weighted by Gasteiger charge is -2.09. The molecule has 18 heavy (non-hydrogen) atoms. The summed E-state index contributed by atoms with van der Waals surface area (Å²) in [6.07, 6.45) is 0. The van der Waals surface area contributed by atoms with Gasteiger partial charge in [-0.1, -0.05) is 0 Å². The van der Waals surface area contributed by atoms with Crippen molar-refractivity contribution in [2.45, 2.75) is 0 Å². The minimum Gasteiger partial charge on any atom is -0.493 e. The van der Waals surface area contributed by atoms with E-state index < -0.39 is 0 Å². The van der Waals surface area contributed by atoms with Crippen molar-refractivity contribution in [1.29, 1.82) is 0 Å². The van der Waals surface area contributed by atoms with Crippen molar-refractivity contribution in [3.05, 3.63) is 23.8 Å². The minimum atomic E-state index is -0.384. The molecule has 0 aromatic heterocycles. The van der Waals surface area contributed by atoms with E-state index in [1.54, 1.807) is 18.2 Å². The number of methoxy groups -OCH3 is 2. The lowest BCUT2D eigenvalue weighted by atomic mass is 10.1. The van der Waals surface area contributed by atoms with Crippen LogP contribution in [0.5, 0.6) is 11.5 Å². The first-order valence-corrected chi connectivity index (χ1v) is 5.73. The number of hydrogen-bond acceptors (Lipinski definition) is 4. The first kappa shape index (κ1) is 14.3. The van der Waals surface area contributed by atoms with Crippen molar-refractivity contribution < 1.29 is 19.1 Å². The predicted molar refractivity (Wildman–Crippen MR) is 67.6 cm³/mol. The van der Waals surface area contributed by atoms with Gasteiger partial charge < -0.3 is 14.8 Å². The Morgan fingerprint density at radius 1 is 1.22 bits per heavy atom. The number of nitrogens with one attached hydrogen (secondary N) is 1. The second-order valence-electron chi connectivity index (χ2n) is 3.40. The maximum absolute atomic E-state index is 11.8. The number of hydrogen-bond donors (Lipinski definition) is 1. The SMILES string of the molecule is COc1ccc(C(=O)CNC(=O)CCl)cc1OC. The summed E-state index contributed by atoms with van der Waals surface area (Å²) in [6, 6.07) is 4.81. The molecule has 0 spiro atoms. The fourth-order valence-corrected chi connectivity index (χ4v) is 1.43. The number of ketones is 1. The van der Waals surface area contributed by atoms with Gasteiger partial charge in [-0.05, 0) is 18.2 Å². The summed E-state index contributed by atoms with van der Waals surface area (Å²) in [5.41, 5.74) is 0.433. The molecule has 1 N–H and O–H groups in total. The van der Waals surface area contributed by atoms with Gasteiger partial charge in [-0.3, -0.25) is 9.59 Å². The van der Waals surface area contributed by atoms with Gasteiger partial charge in [0.05, 0.1) is 20.8 Å². The molecule has 5 nitrogen and oxygen atoms in total. The van der Waals surface area contributed by atoms with Crippen LogP contribution in [-0.4, -0.2) is 38.3 Å². The first-order valence-electron chi connectivity index (χ1n) is 5.20. The van der Waals surface area contributed by atoms with E-state index >= 15 is 0 Å². The van der Waals surface area contributed by atoms with E-state index in [-0.39, 0.29) is 24.1 Å². The highest BCUT2D eigenvalue weighted by molar-refractivity contribution is 6.27. The Bertz CT molecular complexity index is 448. The molecule has 0 atom stereocenters. The van der Waals surface area contributed by atoms with Crippen LogP contribution in [0.15, 0.2) is 18.2 Å².